The van der Waals surface area contributed by atoms with E-state index >= 15 is 0 Å². The fourth-order valence-corrected chi connectivity index (χ4v) is 2.37. The van der Waals surface area contributed by atoms with Crippen LogP contribution in [0.15, 0.2) is 30.5 Å². The Morgan fingerprint density at radius 1 is 1.33 bits per heavy atom. The second-order valence-corrected chi connectivity index (χ2v) is 6.44. The number of aryl methyl sites for hydroxylation is 1. The van der Waals surface area contributed by atoms with Crippen molar-refractivity contribution in [1.29, 1.82) is 0 Å². The lowest BCUT2D eigenvalue weighted by Crippen LogP contribution is -2.28. The zero-order valence-electron chi connectivity index (χ0n) is 17.0. The molecule has 0 aliphatic heterocycles. The van der Waals surface area contributed by atoms with Gasteiger partial charge in [-0.3, -0.25) is 4.79 Å². The van der Waals surface area contributed by atoms with E-state index in [0.29, 0.717) is 12.6 Å². The molecule has 1 heterocycles. The Morgan fingerprint density at radius 2 is 2.04 bits per heavy atom. The van der Waals surface area contributed by atoms with Crippen LogP contribution in [0.1, 0.15) is 42.5 Å². The van der Waals surface area contributed by atoms with Gasteiger partial charge >= 0.3 is 0 Å². The van der Waals surface area contributed by atoms with Crippen LogP contribution in [0.4, 0.5) is 11.5 Å². The van der Waals surface area contributed by atoms with Crippen molar-refractivity contribution in [2.24, 2.45) is 11.5 Å². The molecule has 7 nitrogen and oxygen atoms in total. The van der Waals surface area contributed by atoms with E-state index in [-0.39, 0.29) is 5.69 Å². The highest BCUT2D eigenvalue weighted by atomic mass is 16.1. The van der Waals surface area contributed by atoms with Crippen molar-refractivity contribution in [2.75, 3.05) is 30.9 Å². The average Bonchev–Trinajstić information content (AvgIpc) is 2.67. The first-order valence-electron chi connectivity index (χ1n) is 9.19. The number of nitrogens with one attached hydrogen (secondary N) is 1. The maximum absolute atomic E-state index is 11.0. The van der Waals surface area contributed by atoms with Crippen LogP contribution in [0.2, 0.25) is 0 Å². The highest BCUT2D eigenvalue weighted by Crippen LogP contribution is 2.17. The molecule has 5 N–H and O–H groups in total. The first-order chi connectivity index (χ1) is 12.8. The third kappa shape index (κ3) is 6.86. The maximum atomic E-state index is 11.0. The van der Waals surface area contributed by atoms with E-state index in [2.05, 4.69) is 41.3 Å². The minimum atomic E-state index is -0.541. The minimum Gasteiger partial charge on any atom is -0.388 e. The lowest BCUT2D eigenvalue weighted by molar-refractivity contribution is 0.0995. The molecule has 0 bridgehead atoms. The smallest absolute Gasteiger partial charge is 0.268 e. The molecule has 2 aromatic rings. The van der Waals surface area contributed by atoms with Crippen LogP contribution in [-0.4, -0.2) is 42.6 Å². The summed E-state index contributed by atoms with van der Waals surface area (Å²) < 4.78 is 0. The van der Waals surface area contributed by atoms with E-state index in [1.54, 1.807) is 0 Å². The molecule has 0 spiro atoms. The van der Waals surface area contributed by atoms with Crippen molar-refractivity contribution >= 4 is 17.4 Å². The Morgan fingerprint density at radius 3 is 2.56 bits per heavy atom. The quantitative estimate of drug-likeness (QED) is 0.687. The van der Waals surface area contributed by atoms with Crippen LogP contribution in [0, 0.1) is 0 Å². The van der Waals surface area contributed by atoms with Gasteiger partial charge in [0.25, 0.3) is 5.91 Å². The topological polar surface area (TPSA) is 110 Å². The van der Waals surface area contributed by atoms with Crippen LogP contribution in [0.3, 0.4) is 0 Å². The van der Waals surface area contributed by atoms with Gasteiger partial charge in [-0.2, -0.15) is 0 Å². The summed E-state index contributed by atoms with van der Waals surface area (Å²) in [5.41, 5.74) is 14.1. The second-order valence-electron chi connectivity index (χ2n) is 6.44. The van der Waals surface area contributed by atoms with Crippen molar-refractivity contribution in [3.63, 3.8) is 0 Å². The van der Waals surface area contributed by atoms with Gasteiger partial charge in [-0.1, -0.05) is 19.1 Å². The molecule has 0 fully saturated rings. The van der Waals surface area contributed by atoms with E-state index in [9.17, 15) is 4.79 Å². The Kier molecular flexibility index (Phi) is 9.22. The molecule has 0 saturated heterocycles. The van der Waals surface area contributed by atoms with E-state index < -0.39 is 5.91 Å². The van der Waals surface area contributed by atoms with Gasteiger partial charge in [0.15, 0.2) is 0 Å². The van der Waals surface area contributed by atoms with E-state index in [1.807, 2.05) is 38.1 Å². The van der Waals surface area contributed by atoms with Crippen molar-refractivity contribution in [2.45, 2.75) is 39.7 Å². The van der Waals surface area contributed by atoms with E-state index in [0.717, 1.165) is 30.0 Å². The van der Waals surface area contributed by atoms with Crippen molar-refractivity contribution in [3.05, 3.63) is 47.4 Å². The summed E-state index contributed by atoms with van der Waals surface area (Å²) in [6.45, 7) is 6.84. The number of nitrogens with zero attached hydrogens (tertiary/aromatic N) is 3. The molecule has 0 radical (unpaired) electrons. The second kappa shape index (κ2) is 11.1. The van der Waals surface area contributed by atoms with Gasteiger partial charge < -0.3 is 21.7 Å². The number of amides is 1. The van der Waals surface area contributed by atoms with Gasteiger partial charge in [-0.25, -0.2) is 9.97 Å². The number of hydrogen-bond donors (Lipinski definition) is 3. The van der Waals surface area contributed by atoms with Gasteiger partial charge in [0.1, 0.15) is 11.5 Å². The highest BCUT2D eigenvalue weighted by molar-refractivity contribution is 5.90. The van der Waals surface area contributed by atoms with Crippen LogP contribution >= 0.6 is 0 Å². The molecule has 7 heteroatoms. The summed E-state index contributed by atoms with van der Waals surface area (Å²) in [5.74, 6) is 0.267. The zero-order valence-corrected chi connectivity index (χ0v) is 17.0. The molecule has 0 atom stereocenters. The highest BCUT2D eigenvalue weighted by Gasteiger charge is 2.14. The standard InChI is InChI=1S/C11H18N4O.C9H14N2/c1-5-8-11(15(4)7(2)3)13-6-9(14-8)10(12)16;1-11-9-4-2-3-8(7-9)5-6-10/h6-7H,5H2,1-4H3,(H2,12,16);2-4,7,11H,5-6,10H2,1H3. The number of rotatable bonds is 7. The molecular formula is C20H32N6O. The monoisotopic (exact) mass is 372 g/mol. The number of carbonyl (C=O) groups is 1. The molecule has 0 aliphatic carbocycles. The normalized spacial score (nSPS) is 10.2. The molecule has 0 unspecified atom stereocenters. The lowest BCUT2D eigenvalue weighted by Gasteiger charge is -2.24. The Balaban J connectivity index is 0.000000289. The minimum absolute atomic E-state index is 0.220. The first-order valence-corrected chi connectivity index (χ1v) is 9.19. The predicted molar refractivity (Wildman–Crippen MR) is 112 cm³/mol. The number of nitrogens with two attached hydrogens (primary N) is 2. The fraction of sp³-hybridized carbons (Fsp3) is 0.450. The number of aromatic nitrogens is 2. The number of primary amides is 1. The summed E-state index contributed by atoms with van der Waals surface area (Å²) in [7, 11) is 3.87. The van der Waals surface area contributed by atoms with Crippen molar-refractivity contribution < 1.29 is 4.79 Å². The Hall–Kier alpha value is -2.67. The molecule has 148 valence electrons. The van der Waals surface area contributed by atoms with Crippen LogP contribution in [0.5, 0.6) is 0 Å². The first kappa shape index (κ1) is 22.4. The van der Waals surface area contributed by atoms with Gasteiger partial charge in [0.05, 0.1) is 11.9 Å². The summed E-state index contributed by atoms with van der Waals surface area (Å²) in [4.78, 5) is 21.5. The SMILES string of the molecule is CCc1nc(C(N)=O)cnc1N(C)C(C)C.CNc1cccc(CCN)c1. The molecule has 27 heavy (non-hydrogen) atoms. The molecule has 1 aromatic heterocycles. The van der Waals surface area contributed by atoms with E-state index in [4.69, 9.17) is 11.5 Å². The zero-order chi connectivity index (χ0) is 20.4. The molecule has 0 saturated carbocycles. The number of anilines is 2. The van der Waals surface area contributed by atoms with Crippen molar-refractivity contribution in [3.8, 4) is 0 Å². The molecular weight excluding hydrogens is 340 g/mol. The number of hydrogen-bond acceptors (Lipinski definition) is 6. The third-order valence-corrected chi connectivity index (χ3v) is 4.17. The molecule has 1 aromatic carbocycles. The lowest BCUT2D eigenvalue weighted by atomic mass is 10.1. The summed E-state index contributed by atoms with van der Waals surface area (Å²) in [6, 6.07) is 8.62. The summed E-state index contributed by atoms with van der Waals surface area (Å²) >= 11 is 0. The maximum Gasteiger partial charge on any atom is 0.268 e. The van der Waals surface area contributed by atoms with Crippen LogP contribution in [-0.2, 0) is 12.8 Å². The summed E-state index contributed by atoms with van der Waals surface area (Å²) in [5, 5.41) is 3.08. The predicted octanol–water partition coefficient (Wildman–Crippen LogP) is 2.21. The van der Waals surface area contributed by atoms with Crippen LogP contribution < -0.4 is 21.7 Å². The molecule has 1 amide bonds. The molecule has 0 aliphatic rings. The number of benzene rings is 1. The number of carbonyl (C=O) groups excluding carboxylic acids is 1. The average molecular weight is 373 g/mol. The molecule has 2 rings (SSSR count). The van der Waals surface area contributed by atoms with Gasteiger partial charge in [0, 0.05) is 25.8 Å². The Bertz CT molecular complexity index is 732. The Labute approximate surface area is 162 Å². The fourth-order valence-electron chi connectivity index (χ4n) is 2.37. The summed E-state index contributed by atoms with van der Waals surface area (Å²) in [6.07, 6.45) is 3.10. The largest absolute Gasteiger partial charge is 0.388 e. The van der Waals surface area contributed by atoms with E-state index in [1.165, 1.54) is 11.8 Å². The third-order valence-electron chi connectivity index (χ3n) is 4.17. The van der Waals surface area contributed by atoms with Crippen LogP contribution in [0.25, 0.3) is 0 Å². The van der Waals surface area contributed by atoms with Gasteiger partial charge in [-0.05, 0) is 50.9 Å². The van der Waals surface area contributed by atoms with Gasteiger partial charge in [-0.15, -0.1) is 0 Å². The van der Waals surface area contributed by atoms with Gasteiger partial charge in [0.2, 0.25) is 0 Å². The van der Waals surface area contributed by atoms with Crippen molar-refractivity contribution in [1.82, 2.24) is 9.97 Å².